The molecule has 0 unspecified atom stereocenters. The van der Waals surface area contributed by atoms with Crippen LogP contribution in [0.2, 0.25) is 5.02 Å². The third-order valence-electron chi connectivity index (χ3n) is 5.56. The molecule has 0 aromatic heterocycles. The molecule has 0 bridgehead atoms. The molecule has 2 aromatic carbocycles. The van der Waals surface area contributed by atoms with E-state index in [4.69, 9.17) is 16.3 Å². The first-order chi connectivity index (χ1) is 13.4. The summed E-state index contributed by atoms with van der Waals surface area (Å²) in [6.07, 6.45) is 0.0291. The summed E-state index contributed by atoms with van der Waals surface area (Å²) in [5.74, 6) is -1.29. The number of carbonyl (C=O) groups excluding carboxylic acids is 2. The minimum Gasteiger partial charge on any atom is -0.364 e. The zero-order valence-electron chi connectivity index (χ0n) is 15.4. The normalized spacial score (nSPS) is 24.5. The number of nitrogens with zero attached hydrogens (tertiary/aromatic N) is 1. The first-order valence-electron chi connectivity index (χ1n) is 9.14. The van der Waals surface area contributed by atoms with Gasteiger partial charge in [-0.1, -0.05) is 48.0 Å². The average Bonchev–Trinajstić information content (AvgIpc) is 2.71. The third-order valence-corrected chi connectivity index (χ3v) is 6.05. The zero-order valence-corrected chi connectivity index (χ0v) is 16.1. The fourth-order valence-corrected chi connectivity index (χ4v) is 4.29. The summed E-state index contributed by atoms with van der Waals surface area (Å²) in [6.45, 7) is 2.24. The molecular weight excluding hydrogens is 383 g/mol. The Morgan fingerprint density at radius 3 is 2.79 bits per heavy atom. The van der Waals surface area contributed by atoms with E-state index in [0.717, 1.165) is 5.56 Å². The molecule has 0 saturated carbocycles. The van der Waals surface area contributed by atoms with Crippen LogP contribution in [-0.4, -0.2) is 42.5 Å². The van der Waals surface area contributed by atoms with Crippen LogP contribution in [0.3, 0.4) is 0 Å². The van der Waals surface area contributed by atoms with Crippen LogP contribution in [0, 0.1) is 12.7 Å². The number of fused-ring (bicyclic) bond motifs is 1. The fourth-order valence-electron chi connectivity index (χ4n) is 4.05. The number of rotatable bonds is 2. The number of amides is 2. The molecule has 0 radical (unpaired) electrons. The number of aryl methyl sites for hydroxylation is 1. The van der Waals surface area contributed by atoms with Gasteiger partial charge in [-0.15, -0.1) is 0 Å². The van der Waals surface area contributed by atoms with E-state index in [2.05, 4.69) is 5.32 Å². The summed E-state index contributed by atoms with van der Waals surface area (Å²) in [5.41, 5.74) is 0.749. The minimum atomic E-state index is -0.706. The van der Waals surface area contributed by atoms with Crippen molar-refractivity contribution in [3.8, 4) is 0 Å². The Morgan fingerprint density at radius 1 is 1.29 bits per heavy atom. The zero-order chi connectivity index (χ0) is 19.9. The molecule has 146 valence electrons. The van der Waals surface area contributed by atoms with Gasteiger partial charge in [0.25, 0.3) is 5.91 Å². The van der Waals surface area contributed by atoms with Gasteiger partial charge in [0.05, 0.1) is 16.1 Å². The van der Waals surface area contributed by atoms with E-state index in [1.807, 2.05) is 30.3 Å². The molecule has 2 amide bonds. The molecule has 2 aliphatic rings. The number of hydrogen-bond donors (Lipinski definition) is 1. The molecular formula is C21H20ClFN2O3. The molecule has 7 heteroatoms. The highest BCUT2D eigenvalue weighted by Gasteiger charge is 2.50. The Morgan fingerprint density at radius 2 is 2.04 bits per heavy atom. The van der Waals surface area contributed by atoms with Crippen LogP contribution in [-0.2, 0) is 15.1 Å². The lowest BCUT2D eigenvalue weighted by molar-refractivity contribution is -0.150. The SMILES string of the molecule is Cc1ccc(F)c(C(=O)N2CC[C@@]3(c4ccccc4)NC(=O)CO[C@@H]3C2)c1Cl. The van der Waals surface area contributed by atoms with Crippen molar-refractivity contribution in [2.75, 3.05) is 19.7 Å². The highest BCUT2D eigenvalue weighted by Crippen LogP contribution is 2.38. The van der Waals surface area contributed by atoms with Crippen molar-refractivity contribution >= 4 is 23.4 Å². The van der Waals surface area contributed by atoms with Gasteiger partial charge >= 0.3 is 0 Å². The van der Waals surface area contributed by atoms with E-state index in [1.54, 1.807) is 17.9 Å². The van der Waals surface area contributed by atoms with Gasteiger partial charge in [0.15, 0.2) is 0 Å². The van der Waals surface area contributed by atoms with Crippen LogP contribution >= 0.6 is 11.6 Å². The molecule has 2 atom stereocenters. The number of piperidine rings is 1. The van der Waals surface area contributed by atoms with Crippen LogP contribution in [0.1, 0.15) is 27.9 Å². The lowest BCUT2D eigenvalue weighted by Crippen LogP contribution is -2.67. The van der Waals surface area contributed by atoms with E-state index < -0.39 is 23.4 Å². The summed E-state index contributed by atoms with van der Waals surface area (Å²) in [7, 11) is 0. The van der Waals surface area contributed by atoms with E-state index in [1.165, 1.54) is 6.07 Å². The summed E-state index contributed by atoms with van der Waals surface area (Å²) in [4.78, 5) is 26.7. The Labute approximate surface area is 167 Å². The molecule has 4 rings (SSSR count). The quantitative estimate of drug-likeness (QED) is 0.840. The Bertz CT molecular complexity index is 937. The third kappa shape index (κ3) is 3.06. The number of nitrogens with one attached hydrogen (secondary N) is 1. The predicted octanol–water partition coefficient (Wildman–Crippen LogP) is 3.04. The second kappa shape index (κ2) is 7.18. The lowest BCUT2D eigenvalue weighted by Gasteiger charge is -2.50. The molecule has 5 nitrogen and oxygen atoms in total. The monoisotopic (exact) mass is 402 g/mol. The van der Waals surface area contributed by atoms with Crippen LogP contribution in [0.5, 0.6) is 0 Å². The summed E-state index contributed by atoms with van der Waals surface area (Å²) in [6, 6.07) is 12.4. The molecule has 2 saturated heterocycles. The van der Waals surface area contributed by atoms with Gasteiger partial charge in [-0.05, 0) is 30.5 Å². The predicted molar refractivity (Wildman–Crippen MR) is 103 cm³/mol. The summed E-state index contributed by atoms with van der Waals surface area (Å²) >= 11 is 6.22. The number of hydrogen-bond acceptors (Lipinski definition) is 3. The van der Waals surface area contributed by atoms with Gasteiger partial charge in [0.1, 0.15) is 18.5 Å². The molecule has 2 fully saturated rings. The van der Waals surface area contributed by atoms with Gasteiger partial charge < -0.3 is 15.0 Å². The van der Waals surface area contributed by atoms with E-state index in [9.17, 15) is 14.0 Å². The average molecular weight is 403 g/mol. The number of carbonyl (C=O) groups is 2. The largest absolute Gasteiger partial charge is 0.364 e. The maximum Gasteiger partial charge on any atom is 0.258 e. The van der Waals surface area contributed by atoms with Crippen molar-refractivity contribution in [3.05, 3.63) is 70.0 Å². The Kier molecular flexibility index (Phi) is 4.85. The smallest absolute Gasteiger partial charge is 0.258 e. The van der Waals surface area contributed by atoms with Crippen molar-refractivity contribution in [2.45, 2.75) is 25.0 Å². The van der Waals surface area contributed by atoms with Crippen molar-refractivity contribution in [1.82, 2.24) is 10.2 Å². The first-order valence-corrected chi connectivity index (χ1v) is 9.52. The highest BCUT2D eigenvalue weighted by molar-refractivity contribution is 6.34. The molecule has 0 spiro atoms. The number of benzene rings is 2. The summed E-state index contributed by atoms with van der Waals surface area (Å²) < 4.78 is 20.2. The molecule has 2 aliphatic heterocycles. The van der Waals surface area contributed by atoms with Crippen LogP contribution in [0.4, 0.5) is 4.39 Å². The molecule has 0 aliphatic carbocycles. The van der Waals surface area contributed by atoms with Gasteiger partial charge in [0.2, 0.25) is 5.91 Å². The van der Waals surface area contributed by atoms with Crippen molar-refractivity contribution in [1.29, 1.82) is 0 Å². The molecule has 2 aromatic rings. The van der Waals surface area contributed by atoms with Gasteiger partial charge in [-0.3, -0.25) is 9.59 Å². The number of morpholine rings is 1. The first kappa shape index (κ1) is 18.9. The van der Waals surface area contributed by atoms with E-state index >= 15 is 0 Å². The van der Waals surface area contributed by atoms with Crippen molar-refractivity contribution in [2.24, 2.45) is 0 Å². The molecule has 2 heterocycles. The standard InChI is InChI=1S/C21H20ClFN2O3/c1-13-7-8-15(23)18(19(13)22)20(27)25-10-9-21(14-5-3-2-4-6-14)16(11-25)28-12-17(26)24-21/h2-8,16H,9-12H2,1H3,(H,24,26)/t16-,21+/m1/s1. The maximum atomic E-state index is 14.3. The van der Waals surface area contributed by atoms with Crippen molar-refractivity contribution in [3.63, 3.8) is 0 Å². The number of ether oxygens (including phenoxy) is 1. The van der Waals surface area contributed by atoms with Crippen molar-refractivity contribution < 1.29 is 18.7 Å². The van der Waals surface area contributed by atoms with Crippen LogP contribution in [0.25, 0.3) is 0 Å². The minimum absolute atomic E-state index is 0.0686. The number of likely N-dealkylation sites (tertiary alicyclic amines) is 1. The van der Waals surface area contributed by atoms with Gasteiger partial charge in [0, 0.05) is 13.1 Å². The Hall–Kier alpha value is -2.44. The maximum absolute atomic E-state index is 14.3. The second-order valence-electron chi connectivity index (χ2n) is 7.24. The molecule has 1 N–H and O–H groups in total. The van der Waals surface area contributed by atoms with Gasteiger partial charge in [-0.2, -0.15) is 0 Å². The lowest BCUT2D eigenvalue weighted by atomic mass is 9.77. The Balaban J connectivity index is 1.65. The van der Waals surface area contributed by atoms with Gasteiger partial charge in [-0.25, -0.2) is 4.39 Å². The highest BCUT2D eigenvalue weighted by atomic mass is 35.5. The fraction of sp³-hybridized carbons (Fsp3) is 0.333. The van der Waals surface area contributed by atoms with E-state index in [0.29, 0.717) is 18.5 Å². The molecule has 28 heavy (non-hydrogen) atoms. The van der Waals surface area contributed by atoms with Crippen LogP contribution < -0.4 is 5.32 Å². The van der Waals surface area contributed by atoms with Crippen LogP contribution in [0.15, 0.2) is 42.5 Å². The summed E-state index contributed by atoms with van der Waals surface area (Å²) in [5, 5.41) is 3.20. The second-order valence-corrected chi connectivity index (χ2v) is 7.62. The van der Waals surface area contributed by atoms with E-state index in [-0.39, 0.29) is 29.6 Å². The topological polar surface area (TPSA) is 58.6 Å². The number of halogens is 2.